The van der Waals surface area contributed by atoms with Gasteiger partial charge in [-0.3, -0.25) is 0 Å². The normalized spacial score (nSPS) is 18.3. The van der Waals surface area contributed by atoms with Gasteiger partial charge in [-0.25, -0.2) is 4.52 Å². The third-order valence-electron chi connectivity index (χ3n) is 4.08. The van der Waals surface area contributed by atoms with E-state index in [4.69, 9.17) is 0 Å². The van der Waals surface area contributed by atoms with Gasteiger partial charge in [0.1, 0.15) is 0 Å². The number of fused-ring (bicyclic) bond motifs is 1. The Bertz CT molecular complexity index is 592. The van der Waals surface area contributed by atoms with Crippen LogP contribution in [0, 0.1) is 0 Å². The molecule has 3 rings (SSSR count). The Morgan fingerprint density at radius 3 is 2.90 bits per heavy atom. The minimum Gasteiger partial charge on any atom is -0.352 e. The molecule has 0 aromatic carbocycles. The topological polar surface area (TPSA) is 42.2 Å². The lowest BCUT2D eigenvalue weighted by atomic mass is 9.88. The molecule has 0 radical (unpaired) electrons. The second-order valence-electron chi connectivity index (χ2n) is 5.36. The highest BCUT2D eigenvalue weighted by Gasteiger charge is 2.31. The van der Waals surface area contributed by atoms with Crippen LogP contribution in [0.25, 0.3) is 5.65 Å². The highest BCUT2D eigenvalue weighted by atomic mass is 79.9. The number of pyridine rings is 1. The van der Waals surface area contributed by atoms with Gasteiger partial charge in [0.05, 0.1) is 4.47 Å². The summed E-state index contributed by atoms with van der Waals surface area (Å²) in [6, 6.07) is 3.94. The summed E-state index contributed by atoms with van der Waals surface area (Å²) in [6.45, 7) is 0.947. The molecule has 0 atom stereocenters. The summed E-state index contributed by atoms with van der Waals surface area (Å²) < 4.78 is 3.13. The molecule has 0 saturated heterocycles. The van der Waals surface area contributed by atoms with E-state index >= 15 is 0 Å². The first-order valence-corrected chi connectivity index (χ1v) is 9.04. The SMILES string of the molecule is CSC1(CNc2nc3c(Br)cccn3n2)CCCCC1. The fraction of sp³-hybridized carbons (Fsp3) is 0.571. The van der Waals surface area contributed by atoms with E-state index in [-0.39, 0.29) is 0 Å². The molecular formula is C14H19BrN4S. The van der Waals surface area contributed by atoms with Crippen LogP contribution in [0.5, 0.6) is 0 Å². The largest absolute Gasteiger partial charge is 0.352 e. The summed E-state index contributed by atoms with van der Waals surface area (Å²) in [5.74, 6) is 0.718. The number of rotatable bonds is 4. The van der Waals surface area contributed by atoms with E-state index in [1.54, 1.807) is 4.52 Å². The van der Waals surface area contributed by atoms with Gasteiger partial charge in [-0.2, -0.15) is 16.7 Å². The van der Waals surface area contributed by atoms with E-state index in [1.165, 1.54) is 32.1 Å². The summed E-state index contributed by atoms with van der Waals surface area (Å²) in [4.78, 5) is 4.55. The van der Waals surface area contributed by atoms with E-state index in [1.807, 2.05) is 30.1 Å². The molecule has 1 fully saturated rings. The molecule has 1 saturated carbocycles. The molecule has 108 valence electrons. The molecule has 20 heavy (non-hydrogen) atoms. The van der Waals surface area contributed by atoms with Crippen LogP contribution in [0.2, 0.25) is 0 Å². The first kappa shape index (κ1) is 14.2. The van der Waals surface area contributed by atoms with E-state index in [2.05, 4.69) is 37.6 Å². The lowest BCUT2D eigenvalue weighted by Crippen LogP contribution is -2.35. The van der Waals surface area contributed by atoms with Gasteiger partial charge in [-0.15, -0.1) is 5.10 Å². The van der Waals surface area contributed by atoms with Crippen molar-refractivity contribution in [3.63, 3.8) is 0 Å². The molecule has 1 aliphatic carbocycles. The Labute approximate surface area is 131 Å². The Kier molecular flexibility index (Phi) is 4.21. The average molecular weight is 355 g/mol. The maximum Gasteiger partial charge on any atom is 0.243 e. The smallest absolute Gasteiger partial charge is 0.243 e. The minimum atomic E-state index is 0.354. The number of halogens is 1. The van der Waals surface area contributed by atoms with Crippen LogP contribution in [0.1, 0.15) is 32.1 Å². The minimum absolute atomic E-state index is 0.354. The van der Waals surface area contributed by atoms with Crippen molar-refractivity contribution in [2.24, 2.45) is 0 Å². The molecule has 0 aliphatic heterocycles. The number of hydrogen-bond donors (Lipinski definition) is 1. The van der Waals surface area contributed by atoms with Crippen molar-refractivity contribution in [2.45, 2.75) is 36.9 Å². The second-order valence-corrected chi connectivity index (χ2v) is 7.49. The van der Waals surface area contributed by atoms with Crippen molar-refractivity contribution >= 4 is 39.3 Å². The van der Waals surface area contributed by atoms with Crippen LogP contribution in [0.15, 0.2) is 22.8 Å². The summed E-state index contributed by atoms with van der Waals surface area (Å²) >= 11 is 5.50. The summed E-state index contributed by atoms with van der Waals surface area (Å²) in [7, 11) is 0. The number of hydrogen-bond acceptors (Lipinski definition) is 4. The van der Waals surface area contributed by atoms with E-state index < -0.39 is 0 Å². The zero-order valence-corrected chi connectivity index (χ0v) is 14.0. The number of thioether (sulfide) groups is 1. The van der Waals surface area contributed by atoms with E-state index in [0.29, 0.717) is 4.75 Å². The van der Waals surface area contributed by atoms with Crippen LogP contribution >= 0.6 is 27.7 Å². The molecule has 0 amide bonds. The highest BCUT2D eigenvalue weighted by Crippen LogP contribution is 2.38. The number of nitrogens with one attached hydrogen (secondary N) is 1. The molecule has 6 heteroatoms. The Morgan fingerprint density at radius 2 is 2.20 bits per heavy atom. The quantitative estimate of drug-likeness (QED) is 0.901. The zero-order valence-electron chi connectivity index (χ0n) is 11.6. The van der Waals surface area contributed by atoms with Crippen molar-refractivity contribution in [3.8, 4) is 0 Å². The number of aromatic nitrogens is 3. The average Bonchev–Trinajstić information content (AvgIpc) is 2.91. The molecule has 1 N–H and O–H groups in total. The van der Waals surface area contributed by atoms with Crippen LogP contribution < -0.4 is 5.32 Å². The van der Waals surface area contributed by atoms with Gasteiger partial charge in [0.25, 0.3) is 0 Å². The summed E-state index contributed by atoms with van der Waals surface area (Å²) in [5, 5.41) is 7.92. The Morgan fingerprint density at radius 1 is 1.40 bits per heavy atom. The van der Waals surface area contributed by atoms with Crippen molar-refractivity contribution < 1.29 is 0 Å². The Hall–Kier alpha value is -0.750. The van der Waals surface area contributed by atoms with Gasteiger partial charge >= 0.3 is 0 Å². The number of nitrogens with zero attached hydrogens (tertiary/aromatic N) is 3. The summed E-state index contributed by atoms with van der Waals surface area (Å²) in [6.07, 6.45) is 10.8. The van der Waals surface area contributed by atoms with Crippen molar-refractivity contribution in [1.82, 2.24) is 14.6 Å². The van der Waals surface area contributed by atoms with Crippen LogP contribution in [0.3, 0.4) is 0 Å². The van der Waals surface area contributed by atoms with Crippen molar-refractivity contribution in [3.05, 3.63) is 22.8 Å². The van der Waals surface area contributed by atoms with Gasteiger partial charge in [0, 0.05) is 17.5 Å². The predicted molar refractivity (Wildman–Crippen MR) is 88.5 cm³/mol. The highest BCUT2D eigenvalue weighted by molar-refractivity contribution is 9.10. The van der Waals surface area contributed by atoms with Gasteiger partial charge in [-0.05, 0) is 47.2 Å². The zero-order chi connectivity index (χ0) is 14.0. The lowest BCUT2D eigenvalue weighted by molar-refractivity contribution is 0.411. The van der Waals surface area contributed by atoms with Gasteiger partial charge in [0.15, 0.2) is 5.65 Å². The fourth-order valence-electron chi connectivity index (χ4n) is 2.84. The molecule has 2 aromatic rings. The molecule has 0 spiro atoms. The first-order chi connectivity index (χ1) is 9.72. The summed E-state index contributed by atoms with van der Waals surface area (Å²) in [5.41, 5.74) is 0.858. The van der Waals surface area contributed by atoms with Crippen LogP contribution in [-0.4, -0.2) is 32.1 Å². The monoisotopic (exact) mass is 354 g/mol. The van der Waals surface area contributed by atoms with Crippen LogP contribution in [0.4, 0.5) is 5.95 Å². The standard InChI is InChI=1S/C14H19BrN4S/c1-20-14(7-3-2-4-8-14)10-16-13-17-12-11(15)6-5-9-19(12)18-13/h5-6,9H,2-4,7-8,10H2,1H3,(H,16,18). The first-order valence-electron chi connectivity index (χ1n) is 7.02. The van der Waals surface area contributed by atoms with E-state index in [9.17, 15) is 0 Å². The maximum absolute atomic E-state index is 4.55. The third-order valence-corrected chi connectivity index (χ3v) is 6.12. The van der Waals surface area contributed by atoms with Gasteiger partial charge in [-0.1, -0.05) is 19.3 Å². The molecule has 0 unspecified atom stereocenters. The van der Waals surface area contributed by atoms with Crippen LogP contribution in [-0.2, 0) is 0 Å². The van der Waals surface area contributed by atoms with Gasteiger partial charge in [0.2, 0.25) is 5.95 Å². The van der Waals surface area contributed by atoms with E-state index in [0.717, 1.165) is 22.6 Å². The fourth-order valence-corrected chi connectivity index (χ4v) is 4.17. The molecule has 2 aromatic heterocycles. The molecule has 0 bridgehead atoms. The second kappa shape index (κ2) is 5.93. The van der Waals surface area contributed by atoms with Gasteiger partial charge < -0.3 is 5.32 Å². The Balaban J connectivity index is 1.74. The lowest BCUT2D eigenvalue weighted by Gasteiger charge is -2.35. The number of anilines is 1. The van der Waals surface area contributed by atoms with Crippen molar-refractivity contribution in [2.75, 3.05) is 18.1 Å². The molecular weight excluding hydrogens is 336 g/mol. The third kappa shape index (κ3) is 2.81. The van der Waals surface area contributed by atoms with Crippen molar-refractivity contribution in [1.29, 1.82) is 0 Å². The molecule has 2 heterocycles. The predicted octanol–water partition coefficient (Wildman–Crippen LogP) is 3.97. The molecule has 4 nitrogen and oxygen atoms in total. The maximum atomic E-state index is 4.55. The molecule has 1 aliphatic rings.